The normalized spacial score (nSPS) is 11.4. The fourth-order valence-electron chi connectivity index (χ4n) is 3.21. The van der Waals surface area contributed by atoms with Crippen LogP contribution in [0.2, 0.25) is 0 Å². The maximum atomic E-state index is 14.0. The number of fused-ring (bicyclic) bond motifs is 2. The van der Waals surface area contributed by atoms with Crippen molar-refractivity contribution in [2.45, 2.75) is 0 Å². The van der Waals surface area contributed by atoms with Gasteiger partial charge in [0.05, 0.1) is 16.8 Å². The number of hydrogen-bond acceptors (Lipinski definition) is 4. The quantitative estimate of drug-likeness (QED) is 0.423. The fourth-order valence-corrected chi connectivity index (χ4v) is 3.21. The lowest BCUT2D eigenvalue weighted by Gasteiger charge is -2.03. The fraction of sp³-hybridized carbons (Fsp3) is 0. The Morgan fingerprint density at radius 3 is 2.73 bits per heavy atom. The average molecular weight is 344 g/mol. The lowest BCUT2D eigenvalue weighted by molar-refractivity contribution is 0.587. The predicted octanol–water partition coefficient (Wildman–Crippen LogP) is 3.89. The molecular weight excluding hydrogens is 331 g/mol. The molecule has 0 amide bonds. The molecule has 126 valence electrons. The summed E-state index contributed by atoms with van der Waals surface area (Å²) in [6.45, 7) is 0. The van der Waals surface area contributed by atoms with Gasteiger partial charge in [0, 0.05) is 23.2 Å². The highest BCUT2D eigenvalue weighted by Gasteiger charge is 2.13. The van der Waals surface area contributed by atoms with E-state index < -0.39 is 5.95 Å². The number of pyridine rings is 2. The van der Waals surface area contributed by atoms with E-state index >= 15 is 0 Å². The molecule has 0 bridgehead atoms. The third kappa shape index (κ3) is 2.14. The Hall–Kier alpha value is -3.74. The number of aromatic amines is 2. The highest BCUT2D eigenvalue weighted by molar-refractivity contribution is 5.99. The van der Waals surface area contributed by atoms with Crippen molar-refractivity contribution in [1.82, 2.24) is 25.1 Å². The first-order valence-corrected chi connectivity index (χ1v) is 8.03. The van der Waals surface area contributed by atoms with E-state index in [1.807, 2.05) is 30.3 Å². The molecule has 0 aliphatic heterocycles. The third-order valence-corrected chi connectivity index (χ3v) is 4.48. The maximum absolute atomic E-state index is 14.0. The second kappa shape index (κ2) is 5.38. The first kappa shape index (κ1) is 14.6. The van der Waals surface area contributed by atoms with Gasteiger partial charge >= 0.3 is 0 Å². The number of nitrogens with two attached hydrogens (primary N) is 1. The molecule has 0 unspecified atom stereocenters. The van der Waals surface area contributed by atoms with E-state index in [0.717, 1.165) is 27.4 Å². The van der Waals surface area contributed by atoms with Gasteiger partial charge in [0.1, 0.15) is 5.65 Å². The van der Waals surface area contributed by atoms with Gasteiger partial charge in [-0.2, -0.15) is 9.49 Å². The van der Waals surface area contributed by atoms with E-state index in [1.54, 1.807) is 18.3 Å². The number of hydrogen-bond donors (Lipinski definition) is 3. The first-order chi connectivity index (χ1) is 12.7. The summed E-state index contributed by atoms with van der Waals surface area (Å²) in [6, 6.07) is 13.1. The van der Waals surface area contributed by atoms with E-state index in [-0.39, 0.29) is 0 Å². The Morgan fingerprint density at radius 1 is 0.923 bits per heavy atom. The molecule has 0 radical (unpaired) electrons. The van der Waals surface area contributed by atoms with Crippen LogP contribution >= 0.6 is 0 Å². The second-order valence-electron chi connectivity index (χ2n) is 6.01. The standard InChI is InChI=1S/C19H13FN6/c20-17-12(2-1-6-22-17)16-9-13-11(5-7-23-19(13)24-16)10-3-4-15-14(8-10)18(21)26-25-15/h1-9H,(H,23,24)(H3,21,25,26). The van der Waals surface area contributed by atoms with Crippen LogP contribution in [0.25, 0.3) is 44.3 Å². The highest BCUT2D eigenvalue weighted by Crippen LogP contribution is 2.33. The van der Waals surface area contributed by atoms with Crippen molar-refractivity contribution < 1.29 is 4.39 Å². The molecule has 0 saturated carbocycles. The van der Waals surface area contributed by atoms with E-state index in [9.17, 15) is 4.39 Å². The number of benzene rings is 1. The lowest BCUT2D eigenvalue weighted by Crippen LogP contribution is -1.87. The van der Waals surface area contributed by atoms with Crippen molar-refractivity contribution in [2.75, 3.05) is 5.73 Å². The molecule has 5 aromatic rings. The van der Waals surface area contributed by atoms with Crippen LogP contribution in [0.15, 0.2) is 54.9 Å². The summed E-state index contributed by atoms with van der Waals surface area (Å²) in [4.78, 5) is 11.3. The van der Waals surface area contributed by atoms with Crippen LogP contribution in [0.1, 0.15) is 0 Å². The van der Waals surface area contributed by atoms with Crippen LogP contribution in [0.4, 0.5) is 10.2 Å². The Bertz CT molecular complexity index is 1270. The molecule has 0 spiro atoms. The first-order valence-electron chi connectivity index (χ1n) is 8.03. The monoisotopic (exact) mass is 344 g/mol. The van der Waals surface area contributed by atoms with Crippen molar-refractivity contribution >= 4 is 27.8 Å². The minimum Gasteiger partial charge on any atom is -0.382 e. The largest absolute Gasteiger partial charge is 0.382 e. The number of nitrogens with one attached hydrogen (secondary N) is 2. The molecule has 1 aromatic carbocycles. The second-order valence-corrected chi connectivity index (χ2v) is 6.01. The van der Waals surface area contributed by atoms with Gasteiger partial charge in [0.25, 0.3) is 0 Å². The molecule has 4 heterocycles. The van der Waals surface area contributed by atoms with Gasteiger partial charge in [-0.25, -0.2) is 9.97 Å². The Kier molecular flexibility index (Phi) is 3.02. The molecular formula is C19H13FN6. The summed E-state index contributed by atoms with van der Waals surface area (Å²) in [7, 11) is 0. The topological polar surface area (TPSA) is 96.3 Å². The summed E-state index contributed by atoms with van der Waals surface area (Å²) < 4.78 is 14.0. The van der Waals surface area contributed by atoms with Crippen molar-refractivity contribution in [2.24, 2.45) is 0 Å². The van der Waals surface area contributed by atoms with E-state index in [2.05, 4.69) is 25.1 Å². The predicted molar refractivity (Wildman–Crippen MR) is 98.8 cm³/mol. The van der Waals surface area contributed by atoms with Crippen molar-refractivity contribution in [1.29, 1.82) is 0 Å². The number of aromatic nitrogens is 5. The van der Waals surface area contributed by atoms with Gasteiger partial charge < -0.3 is 10.7 Å². The molecule has 0 aliphatic rings. The summed E-state index contributed by atoms with van der Waals surface area (Å²) in [5, 5.41) is 8.68. The minimum atomic E-state index is -0.520. The van der Waals surface area contributed by atoms with Gasteiger partial charge in [-0.3, -0.25) is 5.10 Å². The Labute approximate surface area is 146 Å². The summed E-state index contributed by atoms with van der Waals surface area (Å²) >= 11 is 0. The van der Waals surface area contributed by atoms with E-state index in [0.29, 0.717) is 22.7 Å². The van der Waals surface area contributed by atoms with Crippen LogP contribution in [-0.4, -0.2) is 25.1 Å². The van der Waals surface area contributed by atoms with Gasteiger partial charge in [0.15, 0.2) is 5.82 Å². The Morgan fingerprint density at radius 2 is 1.85 bits per heavy atom. The summed E-state index contributed by atoms with van der Waals surface area (Å²) in [5.41, 5.74) is 10.5. The lowest BCUT2D eigenvalue weighted by atomic mass is 10.0. The molecule has 7 heteroatoms. The smallest absolute Gasteiger partial charge is 0.222 e. The van der Waals surface area contributed by atoms with Crippen LogP contribution in [0, 0.1) is 5.95 Å². The zero-order chi connectivity index (χ0) is 17.7. The number of halogens is 1. The van der Waals surface area contributed by atoms with Gasteiger partial charge in [-0.1, -0.05) is 6.07 Å². The summed E-state index contributed by atoms with van der Waals surface area (Å²) in [5.74, 6) is -0.0625. The average Bonchev–Trinajstić information content (AvgIpc) is 3.25. The van der Waals surface area contributed by atoms with E-state index in [1.165, 1.54) is 6.20 Å². The zero-order valence-corrected chi connectivity index (χ0v) is 13.5. The maximum Gasteiger partial charge on any atom is 0.222 e. The van der Waals surface area contributed by atoms with Gasteiger partial charge in [-0.05, 0) is 47.5 Å². The van der Waals surface area contributed by atoms with E-state index in [4.69, 9.17) is 5.73 Å². The van der Waals surface area contributed by atoms with Crippen LogP contribution in [0.3, 0.4) is 0 Å². The van der Waals surface area contributed by atoms with Crippen LogP contribution < -0.4 is 5.73 Å². The molecule has 0 saturated heterocycles. The third-order valence-electron chi connectivity index (χ3n) is 4.48. The minimum absolute atomic E-state index is 0.408. The van der Waals surface area contributed by atoms with Gasteiger partial charge in [0.2, 0.25) is 5.95 Å². The molecule has 4 aromatic heterocycles. The molecule has 0 aliphatic carbocycles. The number of anilines is 1. The molecule has 0 atom stereocenters. The molecule has 4 N–H and O–H groups in total. The zero-order valence-electron chi connectivity index (χ0n) is 13.5. The number of nitrogen functional groups attached to an aromatic ring is 1. The number of rotatable bonds is 2. The summed E-state index contributed by atoms with van der Waals surface area (Å²) in [6.07, 6.45) is 3.15. The van der Waals surface area contributed by atoms with Crippen molar-refractivity contribution in [3.63, 3.8) is 0 Å². The molecule has 26 heavy (non-hydrogen) atoms. The highest BCUT2D eigenvalue weighted by atomic mass is 19.1. The van der Waals surface area contributed by atoms with Crippen molar-refractivity contribution in [3.05, 3.63) is 60.8 Å². The van der Waals surface area contributed by atoms with Crippen LogP contribution in [-0.2, 0) is 0 Å². The molecule has 6 nitrogen and oxygen atoms in total. The Balaban J connectivity index is 1.73. The van der Waals surface area contributed by atoms with Crippen LogP contribution in [0.5, 0.6) is 0 Å². The van der Waals surface area contributed by atoms with Gasteiger partial charge in [-0.15, -0.1) is 0 Å². The SMILES string of the molecule is Nc1n[nH]c2ccc(-c3ccnc4[nH]c(-c5cccnc5F)cc34)cc12. The molecule has 0 fully saturated rings. The van der Waals surface area contributed by atoms with Crippen molar-refractivity contribution in [3.8, 4) is 22.4 Å². The molecule has 5 rings (SSSR count). The number of H-pyrrole nitrogens is 2. The number of nitrogens with zero attached hydrogens (tertiary/aromatic N) is 3.